The van der Waals surface area contributed by atoms with Crippen LogP contribution in [0.15, 0.2) is 18.2 Å². The molecule has 5 nitrogen and oxygen atoms in total. The number of carbonyl (C=O) groups excluding carboxylic acids is 1. The van der Waals surface area contributed by atoms with E-state index >= 15 is 0 Å². The molecule has 0 atom stereocenters. The molecule has 5 heteroatoms. The number of anilines is 1. The Morgan fingerprint density at radius 1 is 1.38 bits per heavy atom. The van der Waals surface area contributed by atoms with Crippen molar-refractivity contribution in [3.05, 3.63) is 29.3 Å². The molecule has 0 saturated carbocycles. The van der Waals surface area contributed by atoms with E-state index in [2.05, 4.69) is 19.2 Å². The maximum Gasteiger partial charge on any atom is 0.335 e. The van der Waals surface area contributed by atoms with Crippen LogP contribution >= 0.6 is 0 Å². The van der Waals surface area contributed by atoms with Crippen molar-refractivity contribution in [3.63, 3.8) is 0 Å². The van der Waals surface area contributed by atoms with E-state index in [9.17, 15) is 9.59 Å². The number of carboxylic acids is 1. The number of aryl methyl sites for hydroxylation is 1. The van der Waals surface area contributed by atoms with Crippen LogP contribution in [0.2, 0.25) is 0 Å². The van der Waals surface area contributed by atoms with Crippen molar-refractivity contribution in [3.8, 4) is 0 Å². The van der Waals surface area contributed by atoms with Gasteiger partial charge < -0.3 is 15.3 Å². The molecule has 1 aromatic rings. The first kappa shape index (κ1) is 15.4. The molecule has 1 heterocycles. The second-order valence-electron chi connectivity index (χ2n) is 5.87. The first-order valence-corrected chi connectivity index (χ1v) is 7.35. The van der Waals surface area contributed by atoms with Gasteiger partial charge in [-0.1, -0.05) is 13.8 Å². The number of carbonyl (C=O) groups is 2. The molecule has 0 fully saturated rings. The highest BCUT2D eigenvalue weighted by atomic mass is 16.4. The Hall–Kier alpha value is -2.04. The third-order valence-corrected chi connectivity index (χ3v) is 3.58. The summed E-state index contributed by atoms with van der Waals surface area (Å²) in [6.45, 7) is 5.95. The van der Waals surface area contributed by atoms with Crippen LogP contribution in [0, 0.1) is 5.92 Å². The van der Waals surface area contributed by atoms with E-state index in [1.807, 2.05) is 11.0 Å². The van der Waals surface area contributed by atoms with Crippen LogP contribution in [0.5, 0.6) is 0 Å². The molecule has 2 rings (SSSR count). The standard InChI is InChI=1S/C16H22N2O3/c1-11(2)9-17-15(19)10-18-7-3-4-12-8-13(16(20)21)5-6-14(12)18/h5-6,8,11H,3-4,7,9-10H2,1-2H3,(H,17,19)(H,20,21). The van der Waals surface area contributed by atoms with Gasteiger partial charge in [0.05, 0.1) is 12.1 Å². The van der Waals surface area contributed by atoms with Gasteiger partial charge in [0, 0.05) is 18.8 Å². The molecule has 21 heavy (non-hydrogen) atoms. The van der Waals surface area contributed by atoms with Gasteiger partial charge in [0.2, 0.25) is 5.91 Å². The molecular weight excluding hydrogens is 268 g/mol. The van der Waals surface area contributed by atoms with E-state index in [1.54, 1.807) is 12.1 Å². The summed E-state index contributed by atoms with van der Waals surface area (Å²) in [6, 6.07) is 5.13. The van der Waals surface area contributed by atoms with Crippen LogP contribution in [0.3, 0.4) is 0 Å². The molecule has 0 unspecified atom stereocenters. The van der Waals surface area contributed by atoms with E-state index in [0.717, 1.165) is 30.6 Å². The smallest absolute Gasteiger partial charge is 0.335 e. The number of aromatic carboxylic acids is 1. The summed E-state index contributed by atoms with van der Waals surface area (Å²) in [6.07, 6.45) is 1.80. The summed E-state index contributed by atoms with van der Waals surface area (Å²) in [5.74, 6) is -0.468. The minimum absolute atomic E-state index is 0.0128. The number of nitrogens with zero attached hydrogens (tertiary/aromatic N) is 1. The highest BCUT2D eigenvalue weighted by Gasteiger charge is 2.20. The molecule has 0 bridgehead atoms. The van der Waals surface area contributed by atoms with Gasteiger partial charge in [-0.2, -0.15) is 0 Å². The topological polar surface area (TPSA) is 69.6 Å². The van der Waals surface area contributed by atoms with Gasteiger partial charge in [0.15, 0.2) is 0 Å². The van der Waals surface area contributed by atoms with Crippen LogP contribution in [0.25, 0.3) is 0 Å². The van der Waals surface area contributed by atoms with Gasteiger partial charge in [-0.25, -0.2) is 4.79 Å². The fourth-order valence-electron chi connectivity index (χ4n) is 2.52. The Labute approximate surface area is 125 Å². The number of rotatable bonds is 5. The average Bonchev–Trinajstić information content (AvgIpc) is 2.45. The number of fused-ring (bicyclic) bond motifs is 1. The average molecular weight is 290 g/mol. The van der Waals surface area contributed by atoms with Gasteiger partial charge in [-0.05, 0) is 42.5 Å². The largest absolute Gasteiger partial charge is 0.478 e. The number of nitrogens with one attached hydrogen (secondary N) is 1. The summed E-state index contributed by atoms with van der Waals surface area (Å²) in [7, 11) is 0. The minimum Gasteiger partial charge on any atom is -0.478 e. The number of hydrogen-bond donors (Lipinski definition) is 2. The van der Waals surface area contributed by atoms with Crippen molar-refractivity contribution >= 4 is 17.6 Å². The zero-order chi connectivity index (χ0) is 15.4. The molecule has 1 aliphatic rings. The predicted molar refractivity (Wildman–Crippen MR) is 81.8 cm³/mol. The fourth-order valence-corrected chi connectivity index (χ4v) is 2.52. The second-order valence-corrected chi connectivity index (χ2v) is 5.87. The number of carboxylic acid groups (broad SMARTS) is 1. The molecule has 1 aliphatic heterocycles. The summed E-state index contributed by atoms with van der Waals surface area (Å²) in [5, 5.41) is 12.0. The first-order chi connectivity index (χ1) is 9.97. The lowest BCUT2D eigenvalue weighted by Gasteiger charge is -2.31. The van der Waals surface area contributed by atoms with Crippen LogP contribution in [0.4, 0.5) is 5.69 Å². The fraction of sp³-hybridized carbons (Fsp3) is 0.500. The van der Waals surface area contributed by atoms with Crippen LogP contribution in [0.1, 0.15) is 36.2 Å². The van der Waals surface area contributed by atoms with Gasteiger partial charge in [0.1, 0.15) is 0 Å². The van der Waals surface area contributed by atoms with Gasteiger partial charge in [-0.15, -0.1) is 0 Å². The lowest BCUT2D eigenvalue weighted by atomic mass is 9.99. The molecule has 0 saturated heterocycles. The lowest BCUT2D eigenvalue weighted by Crippen LogP contribution is -2.40. The van der Waals surface area contributed by atoms with Crippen LogP contribution in [-0.4, -0.2) is 36.6 Å². The van der Waals surface area contributed by atoms with Crippen molar-refractivity contribution in [1.29, 1.82) is 0 Å². The normalized spacial score (nSPS) is 14.0. The van der Waals surface area contributed by atoms with Gasteiger partial charge in [-0.3, -0.25) is 4.79 Å². The van der Waals surface area contributed by atoms with Crippen LogP contribution in [-0.2, 0) is 11.2 Å². The molecule has 0 aliphatic carbocycles. The maximum atomic E-state index is 12.0. The molecule has 114 valence electrons. The highest BCUT2D eigenvalue weighted by molar-refractivity contribution is 5.89. The molecule has 1 aromatic carbocycles. The van der Waals surface area contributed by atoms with E-state index in [0.29, 0.717) is 24.6 Å². The van der Waals surface area contributed by atoms with Gasteiger partial charge in [0.25, 0.3) is 0 Å². The Morgan fingerprint density at radius 2 is 2.14 bits per heavy atom. The molecule has 1 amide bonds. The molecular formula is C16H22N2O3. The van der Waals surface area contributed by atoms with E-state index in [1.165, 1.54) is 0 Å². The minimum atomic E-state index is -0.912. The molecule has 0 radical (unpaired) electrons. The third kappa shape index (κ3) is 3.97. The van der Waals surface area contributed by atoms with Crippen molar-refractivity contribution in [1.82, 2.24) is 5.32 Å². The summed E-state index contributed by atoms with van der Waals surface area (Å²) in [5.41, 5.74) is 2.30. The number of amides is 1. The SMILES string of the molecule is CC(C)CNC(=O)CN1CCCc2cc(C(=O)O)ccc21. The van der Waals surface area contributed by atoms with E-state index in [-0.39, 0.29) is 5.91 Å². The summed E-state index contributed by atoms with van der Waals surface area (Å²) < 4.78 is 0. The van der Waals surface area contributed by atoms with Gasteiger partial charge >= 0.3 is 5.97 Å². The zero-order valence-electron chi connectivity index (χ0n) is 12.6. The lowest BCUT2D eigenvalue weighted by molar-refractivity contribution is -0.119. The summed E-state index contributed by atoms with van der Waals surface area (Å²) in [4.78, 5) is 25.0. The Bertz CT molecular complexity index is 540. The van der Waals surface area contributed by atoms with Crippen molar-refractivity contribution in [2.75, 3.05) is 24.5 Å². The quantitative estimate of drug-likeness (QED) is 0.869. The predicted octanol–water partition coefficient (Wildman–Crippen LogP) is 1.91. The Balaban J connectivity index is 2.08. The van der Waals surface area contributed by atoms with Crippen molar-refractivity contribution in [2.24, 2.45) is 5.92 Å². The van der Waals surface area contributed by atoms with Crippen molar-refractivity contribution < 1.29 is 14.7 Å². The van der Waals surface area contributed by atoms with Crippen molar-refractivity contribution in [2.45, 2.75) is 26.7 Å². The highest BCUT2D eigenvalue weighted by Crippen LogP contribution is 2.27. The maximum absolute atomic E-state index is 12.0. The Kier molecular flexibility index (Phi) is 4.83. The first-order valence-electron chi connectivity index (χ1n) is 7.35. The van der Waals surface area contributed by atoms with E-state index in [4.69, 9.17) is 5.11 Å². The number of hydrogen-bond acceptors (Lipinski definition) is 3. The molecule has 0 aromatic heterocycles. The third-order valence-electron chi connectivity index (χ3n) is 3.58. The molecule has 2 N–H and O–H groups in total. The Morgan fingerprint density at radius 3 is 2.81 bits per heavy atom. The van der Waals surface area contributed by atoms with E-state index < -0.39 is 5.97 Å². The summed E-state index contributed by atoms with van der Waals surface area (Å²) >= 11 is 0. The monoisotopic (exact) mass is 290 g/mol. The van der Waals surface area contributed by atoms with Crippen LogP contribution < -0.4 is 10.2 Å². The second kappa shape index (κ2) is 6.61. The zero-order valence-corrected chi connectivity index (χ0v) is 12.6. The molecule has 0 spiro atoms. The number of benzene rings is 1.